The highest BCUT2D eigenvalue weighted by molar-refractivity contribution is 5.77. The minimum Gasteiger partial charge on any atom is -0.378 e. The van der Waals surface area contributed by atoms with Crippen LogP contribution in [0.15, 0.2) is 24.5 Å². The van der Waals surface area contributed by atoms with Gasteiger partial charge in [-0.1, -0.05) is 0 Å². The largest absolute Gasteiger partial charge is 0.378 e. The highest BCUT2D eigenvalue weighted by Crippen LogP contribution is 2.10. The van der Waals surface area contributed by atoms with Crippen LogP contribution >= 0.6 is 0 Å². The summed E-state index contributed by atoms with van der Waals surface area (Å²) in [5, 5.41) is 3.15. The number of rotatable bonds is 4. The lowest BCUT2D eigenvalue weighted by Crippen LogP contribution is -2.41. The summed E-state index contributed by atoms with van der Waals surface area (Å²) >= 11 is 0. The first-order chi connectivity index (χ1) is 10.3. The van der Waals surface area contributed by atoms with Gasteiger partial charge >= 0.3 is 0 Å². The summed E-state index contributed by atoms with van der Waals surface area (Å²) in [6.07, 6.45) is 3.69. The second-order valence-corrected chi connectivity index (χ2v) is 4.77. The molecule has 1 saturated heterocycles. The monoisotopic (exact) mass is 287 g/mol. The molecule has 110 valence electrons. The van der Waals surface area contributed by atoms with Crippen molar-refractivity contribution in [3.63, 3.8) is 0 Å². The summed E-state index contributed by atoms with van der Waals surface area (Å²) in [6, 6.07) is 3.71. The van der Waals surface area contributed by atoms with Gasteiger partial charge in [-0.3, -0.25) is 9.78 Å². The Kier molecular flexibility index (Phi) is 4.20. The fourth-order valence-electron chi connectivity index (χ4n) is 2.22. The zero-order valence-corrected chi connectivity index (χ0v) is 11.7. The second kappa shape index (κ2) is 6.45. The van der Waals surface area contributed by atoms with Crippen LogP contribution < -0.4 is 5.32 Å². The van der Waals surface area contributed by atoms with Crippen LogP contribution in [0.4, 0.5) is 5.82 Å². The van der Waals surface area contributed by atoms with Crippen molar-refractivity contribution < 1.29 is 9.53 Å². The third kappa shape index (κ3) is 3.43. The molecule has 1 N–H and O–H groups in total. The quantitative estimate of drug-likeness (QED) is 0.891. The third-order valence-electron chi connectivity index (χ3n) is 3.34. The Balaban J connectivity index is 1.53. The number of amides is 1. The van der Waals surface area contributed by atoms with E-state index in [0.29, 0.717) is 50.7 Å². The average molecular weight is 287 g/mol. The number of fused-ring (bicyclic) bond motifs is 1. The van der Waals surface area contributed by atoms with Gasteiger partial charge < -0.3 is 15.0 Å². The van der Waals surface area contributed by atoms with Crippen molar-refractivity contribution in [2.24, 2.45) is 0 Å². The number of pyridine rings is 1. The van der Waals surface area contributed by atoms with Crippen LogP contribution in [0.25, 0.3) is 11.2 Å². The summed E-state index contributed by atoms with van der Waals surface area (Å²) in [7, 11) is 0. The van der Waals surface area contributed by atoms with Crippen molar-refractivity contribution in [3.05, 3.63) is 24.5 Å². The molecule has 0 aromatic carbocycles. The first-order valence-electron chi connectivity index (χ1n) is 7.00. The highest BCUT2D eigenvalue weighted by Gasteiger charge is 2.16. The predicted octanol–water partition coefficient (Wildman–Crippen LogP) is 0.686. The van der Waals surface area contributed by atoms with Crippen molar-refractivity contribution in [2.75, 3.05) is 38.2 Å². The van der Waals surface area contributed by atoms with E-state index < -0.39 is 0 Å². The third-order valence-corrected chi connectivity index (χ3v) is 3.34. The number of nitrogens with zero attached hydrogens (tertiary/aromatic N) is 4. The lowest BCUT2D eigenvalue weighted by Gasteiger charge is -2.26. The second-order valence-electron chi connectivity index (χ2n) is 4.77. The van der Waals surface area contributed by atoms with E-state index in [1.54, 1.807) is 12.4 Å². The van der Waals surface area contributed by atoms with Gasteiger partial charge in [-0.25, -0.2) is 9.97 Å². The minimum atomic E-state index is 0.145. The van der Waals surface area contributed by atoms with Gasteiger partial charge in [-0.15, -0.1) is 0 Å². The van der Waals surface area contributed by atoms with Crippen LogP contribution in [-0.2, 0) is 9.53 Å². The van der Waals surface area contributed by atoms with Crippen LogP contribution in [0.1, 0.15) is 6.42 Å². The van der Waals surface area contributed by atoms with E-state index in [4.69, 9.17) is 4.74 Å². The average Bonchev–Trinajstić information content (AvgIpc) is 2.55. The summed E-state index contributed by atoms with van der Waals surface area (Å²) < 4.78 is 5.23. The zero-order chi connectivity index (χ0) is 14.5. The van der Waals surface area contributed by atoms with Gasteiger partial charge in [0.15, 0.2) is 5.65 Å². The van der Waals surface area contributed by atoms with Crippen molar-refractivity contribution >= 4 is 22.9 Å². The van der Waals surface area contributed by atoms with E-state index in [-0.39, 0.29) is 5.91 Å². The van der Waals surface area contributed by atoms with Crippen LogP contribution in [-0.4, -0.2) is 58.6 Å². The first-order valence-corrected chi connectivity index (χ1v) is 7.00. The van der Waals surface area contributed by atoms with Crippen molar-refractivity contribution in [1.29, 1.82) is 0 Å². The van der Waals surface area contributed by atoms with Crippen LogP contribution in [0, 0.1) is 0 Å². The maximum Gasteiger partial charge on any atom is 0.224 e. The Morgan fingerprint density at radius 3 is 2.90 bits per heavy atom. The van der Waals surface area contributed by atoms with Crippen LogP contribution in [0.2, 0.25) is 0 Å². The molecule has 3 heterocycles. The van der Waals surface area contributed by atoms with Gasteiger partial charge in [0.05, 0.1) is 13.2 Å². The maximum absolute atomic E-state index is 12.0. The van der Waals surface area contributed by atoms with Crippen molar-refractivity contribution in [3.8, 4) is 0 Å². The Labute approximate surface area is 122 Å². The molecule has 1 aliphatic rings. The number of carbonyl (C=O) groups excluding carboxylic acids is 1. The molecular formula is C14H17N5O2. The number of morpholine rings is 1. The molecular weight excluding hydrogens is 270 g/mol. The molecule has 2 aromatic rings. The van der Waals surface area contributed by atoms with Gasteiger partial charge in [-0.05, 0) is 12.1 Å². The summed E-state index contributed by atoms with van der Waals surface area (Å²) in [5.74, 6) is 0.851. The van der Waals surface area contributed by atoms with Gasteiger partial charge in [0, 0.05) is 38.4 Å². The lowest BCUT2D eigenvalue weighted by atomic mass is 10.3. The molecule has 0 aliphatic carbocycles. The standard InChI is InChI=1S/C14H17N5O2/c20-13(19-7-9-21-10-8-19)3-4-16-12-2-1-11-14(18-12)17-6-5-15-11/h1-2,5-6H,3-4,7-10H2,(H,16,17,18). The normalized spacial score (nSPS) is 15.1. The number of ether oxygens (including phenoxy) is 1. The molecule has 7 nitrogen and oxygen atoms in total. The number of anilines is 1. The number of hydrogen-bond donors (Lipinski definition) is 1. The predicted molar refractivity (Wildman–Crippen MR) is 77.8 cm³/mol. The summed E-state index contributed by atoms with van der Waals surface area (Å²) in [6.45, 7) is 3.17. The molecule has 3 rings (SSSR count). The molecule has 7 heteroatoms. The van der Waals surface area contributed by atoms with E-state index >= 15 is 0 Å². The number of aromatic nitrogens is 3. The molecule has 0 spiro atoms. The maximum atomic E-state index is 12.0. The molecule has 1 amide bonds. The Bertz CT molecular complexity index is 628. The fourth-order valence-corrected chi connectivity index (χ4v) is 2.22. The van der Waals surface area contributed by atoms with Crippen LogP contribution in [0.3, 0.4) is 0 Å². The number of carbonyl (C=O) groups is 1. The molecule has 0 radical (unpaired) electrons. The highest BCUT2D eigenvalue weighted by atomic mass is 16.5. The van der Waals surface area contributed by atoms with E-state index in [1.807, 2.05) is 17.0 Å². The molecule has 0 unspecified atom stereocenters. The van der Waals surface area contributed by atoms with Crippen LogP contribution in [0.5, 0.6) is 0 Å². The summed E-state index contributed by atoms with van der Waals surface area (Å²) in [5.41, 5.74) is 1.36. The molecule has 2 aromatic heterocycles. The van der Waals surface area contributed by atoms with Gasteiger partial charge in [0.25, 0.3) is 0 Å². The molecule has 0 atom stereocenters. The van der Waals surface area contributed by atoms with Gasteiger partial charge in [0.2, 0.25) is 5.91 Å². The van der Waals surface area contributed by atoms with E-state index in [2.05, 4.69) is 20.3 Å². The zero-order valence-electron chi connectivity index (χ0n) is 11.7. The van der Waals surface area contributed by atoms with Crippen molar-refractivity contribution in [1.82, 2.24) is 19.9 Å². The topological polar surface area (TPSA) is 80.2 Å². The number of hydrogen-bond acceptors (Lipinski definition) is 6. The Hall–Kier alpha value is -2.28. The van der Waals surface area contributed by atoms with E-state index in [1.165, 1.54) is 0 Å². The lowest BCUT2D eigenvalue weighted by molar-refractivity contribution is -0.134. The molecule has 0 saturated carbocycles. The van der Waals surface area contributed by atoms with Crippen molar-refractivity contribution in [2.45, 2.75) is 6.42 Å². The molecule has 1 fully saturated rings. The molecule has 0 bridgehead atoms. The number of nitrogens with one attached hydrogen (secondary N) is 1. The summed E-state index contributed by atoms with van der Waals surface area (Å²) in [4.78, 5) is 26.5. The minimum absolute atomic E-state index is 0.145. The van der Waals surface area contributed by atoms with Gasteiger partial charge in [-0.2, -0.15) is 0 Å². The van der Waals surface area contributed by atoms with E-state index in [0.717, 1.165) is 5.52 Å². The molecule has 1 aliphatic heterocycles. The van der Waals surface area contributed by atoms with Gasteiger partial charge in [0.1, 0.15) is 11.3 Å². The molecule has 21 heavy (non-hydrogen) atoms. The fraction of sp³-hybridized carbons (Fsp3) is 0.429. The SMILES string of the molecule is O=C(CCNc1ccc2nccnc2n1)N1CCOCC1. The Morgan fingerprint density at radius 2 is 2.05 bits per heavy atom. The smallest absolute Gasteiger partial charge is 0.224 e. The Morgan fingerprint density at radius 1 is 1.24 bits per heavy atom. The first kappa shape index (κ1) is 13.7. The van der Waals surface area contributed by atoms with E-state index in [9.17, 15) is 4.79 Å².